The van der Waals surface area contributed by atoms with Crippen LogP contribution in [0.4, 0.5) is 28.4 Å². The fourth-order valence-corrected chi connectivity index (χ4v) is 10.0. The summed E-state index contributed by atoms with van der Waals surface area (Å²) in [5.74, 6) is -0.0350. The third kappa shape index (κ3) is 11.2. The molecule has 1 unspecified atom stereocenters. The van der Waals surface area contributed by atoms with E-state index in [4.69, 9.17) is 10.5 Å². The molecule has 0 saturated carbocycles. The van der Waals surface area contributed by atoms with Crippen molar-refractivity contribution >= 4 is 84.9 Å². The van der Waals surface area contributed by atoms with E-state index in [1.54, 1.807) is 76.9 Å². The van der Waals surface area contributed by atoms with Gasteiger partial charge in [0.25, 0.3) is 11.8 Å². The number of anilines is 4. The number of thiazole rings is 2. The van der Waals surface area contributed by atoms with Crippen LogP contribution in [0.5, 0.6) is 5.75 Å². The molecule has 6 N–H and O–H groups in total. The van der Waals surface area contributed by atoms with E-state index in [2.05, 4.69) is 61.1 Å². The van der Waals surface area contributed by atoms with Crippen molar-refractivity contribution in [3.8, 4) is 22.1 Å². The number of aliphatic imine (C=N–C) groups is 1. The Morgan fingerprint density at radius 3 is 2.21 bits per heavy atom. The Balaban J connectivity index is 0.752. The van der Waals surface area contributed by atoms with Gasteiger partial charge >= 0.3 is 0 Å². The standard InChI is InChI=1S/C47H49N15O5S3/c1-59(2)70(65,66)35-9-5-33(6-10-35)62-21-14-37(58-62)47-57-41(30-69-47)45(64)55-39-26-51-16-13-43(39)61-24-20-53-32(27-61)28-67-34-7-3-31(4-8-34)52-17-11-36(48)46-56-40(29-68-46)44(63)54-38-25-50-15-12-42(38)60-22-18-49-19-23-60/h3-17,21,25-26,29-30,32,49,53H,18-20,22-24,27-28,48H2,1-2H3,(H,54,63)(H,55,64). The summed E-state index contributed by atoms with van der Waals surface area (Å²) in [6.07, 6.45) is 11.7. The number of aromatic nitrogens is 6. The van der Waals surface area contributed by atoms with Crippen LogP contribution in [0.2, 0.25) is 0 Å². The van der Waals surface area contributed by atoms with Crippen molar-refractivity contribution in [2.24, 2.45) is 10.7 Å². The van der Waals surface area contributed by atoms with E-state index in [9.17, 15) is 18.0 Å². The number of sulfonamides is 1. The van der Waals surface area contributed by atoms with Crippen molar-refractivity contribution in [3.63, 3.8) is 0 Å². The minimum absolute atomic E-state index is 0.0104. The zero-order valence-corrected chi connectivity index (χ0v) is 40.5. The SMILES string of the molecule is CN(C)S(=O)(=O)c1ccc(-n2ccc(-c3nc(C(=O)Nc4cnccc4N4CCNC(COc5ccc(N=CC=C(N)c6nc(C(=O)Nc7cnccc7N7CCNCC7)cs6)cc5)C4)cs3)n2)cc1. The number of rotatable bonds is 16. The number of carbonyl (C=O) groups is 2. The molecule has 360 valence electrons. The summed E-state index contributed by atoms with van der Waals surface area (Å²) in [5, 5.41) is 21.9. The maximum atomic E-state index is 13.5. The summed E-state index contributed by atoms with van der Waals surface area (Å²) >= 11 is 2.57. The molecule has 0 aliphatic carbocycles. The number of benzene rings is 2. The number of hydrogen-bond acceptors (Lipinski definition) is 18. The predicted molar refractivity (Wildman–Crippen MR) is 273 cm³/mol. The van der Waals surface area contributed by atoms with Gasteiger partial charge in [-0.25, -0.2) is 27.4 Å². The molecule has 20 nitrogen and oxygen atoms in total. The Kier molecular flexibility index (Phi) is 14.6. The van der Waals surface area contributed by atoms with E-state index in [-0.39, 0.29) is 34.1 Å². The minimum Gasteiger partial charge on any atom is -0.492 e. The van der Waals surface area contributed by atoms with Crippen molar-refractivity contribution in [2.45, 2.75) is 10.9 Å². The molecule has 0 spiro atoms. The van der Waals surface area contributed by atoms with Gasteiger partial charge in [-0.05, 0) is 72.8 Å². The molecule has 2 fully saturated rings. The Labute approximate surface area is 412 Å². The fraction of sp³-hybridized carbons (Fsp3) is 0.234. The van der Waals surface area contributed by atoms with Crippen LogP contribution in [-0.2, 0) is 10.0 Å². The maximum absolute atomic E-state index is 13.5. The lowest BCUT2D eigenvalue weighted by Gasteiger charge is -2.36. The molecule has 70 heavy (non-hydrogen) atoms. The molecule has 0 radical (unpaired) electrons. The Morgan fingerprint density at radius 1 is 0.857 bits per heavy atom. The van der Waals surface area contributed by atoms with Gasteiger partial charge in [-0.1, -0.05) is 0 Å². The zero-order chi connectivity index (χ0) is 48.6. The molecule has 1 atom stereocenters. The molecule has 23 heteroatoms. The summed E-state index contributed by atoms with van der Waals surface area (Å²) in [4.78, 5) is 53.3. The molecule has 2 saturated heterocycles. The number of nitrogens with zero attached hydrogens (tertiary/aromatic N) is 10. The van der Waals surface area contributed by atoms with Crippen LogP contribution in [0.15, 0.2) is 124 Å². The number of amides is 2. The minimum atomic E-state index is -3.56. The summed E-state index contributed by atoms with van der Waals surface area (Å²) in [5.41, 5.74) is 12.1. The van der Waals surface area contributed by atoms with E-state index in [0.717, 1.165) is 41.9 Å². The third-order valence-electron chi connectivity index (χ3n) is 11.3. The van der Waals surface area contributed by atoms with Gasteiger partial charge in [0.15, 0.2) is 0 Å². The van der Waals surface area contributed by atoms with Crippen LogP contribution in [0.1, 0.15) is 26.0 Å². The summed E-state index contributed by atoms with van der Waals surface area (Å²) in [6.45, 7) is 5.84. The lowest BCUT2D eigenvalue weighted by atomic mass is 10.2. The van der Waals surface area contributed by atoms with Crippen molar-refractivity contribution < 1.29 is 22.7 Å². The van der Waals surface area contributed by atoms with E-state index in [1.165, 1.54) is 48.9 Å². The smallest absolute Gasteiger partial charge is 0.275 e. The normalized spacial score (nSPS) is 15.6. The molecule has 2 aliphatic heterocycles. The molecule has 9 rings (SSSR count). The van der Waals surface area contributed by atoms with Crippen molar-refractivity contribution in [1.29, 1.82) is 0 Å². The van der Waals surface area contributed by atoms with E-state index >= 15 is 0 Å². The van der Waals surface area contributed by atoms with Gasteiger partial charge in [0.2, 0.25) is 10.0 Å². The van der Waals surface area contributed by atoms with E-state index in [1.807, 2.05) is 36.4 Å². The molecule has 2 aliphatic rings. The van der Waals surface area contributed by atoms with Crippen LogP contribution in [0, 0.1) is 0 Å². The van der Waals surface area contributed by atoms with Crippen LogP contribution in [-0.4, -0.2) is 133 Å². The van der Waals surface area contributed by atoms with Crippen molar-refractivity contribution in [2.75, 3.05) is 86.9 Å². The van der Waals surface area contributed by atoms with Gasteiger partial charge in [-0.15, -0.1) is 22.7 Å². The van der Waals surface area contributed by atoms with Gasteiger partial charge < -0.3 is 41.5 Å². The van der Waals surface area contributed by atoms with E-state index in [0.29, 0.717) is 76.1 Å². The maximum Gasteiger partial charge on any atom is 0.275 e. The quantitative estimate of drug-likeness (QED) is 0.0804. The first-order valence-electron chi connectivity index (χ1n) is 22.2. The first-order valence-corrected chi connectivity index (χ1v) is 25.4. The monoisotopic (exact) mass is 999 g/mol. The van der Waals surface area contributed by atoms with Crippen LogP contribution in [0.25, 0.3) is 22.1 Å². The third-order valence-corrected chi connectivity index (χ3v) is 14.9. The van der Waals surface area contributed by atoms with E-state index < -0.39 is 10.0 Å². The fourth-order valence-electron chi connectivity index (χ4n) is 7.62. The van der Waals surface area contributed by atoms with Crippen molar-refractivity contribution in [3.05, 3.63) is 131 Å². The number of pyridine rings is 2. The number of nitrogens with two attached hydrogens (primary N) is 1. The van der Waals surface area contributed by atoms with Crippen LogP contribution in [0.3, 0.4) is 0 Å². The average molecular weight is 1000 g/mol. The summed E-state index contributed by atoms with van der Waals surface area (Å²) in [6, 6.07) is 19.4. The molecule has 5 aromatic heterocycles. The number of carbonyl (C=O) groups excluding carboxylic acids is 2. The molecule has 7 heterocycles. The largest absolute Gasteiger partial charge is 0.492 e. The van der Waals surface area contributed by atoms with Crippen LogP contribution >= 0.6 is 22.7 Å². The first kappa shape index (κ1) is 47.6. The molecular formula is C47H49N15O5S3. The summed E-state index contributed by atoms with van der Waals surface area (Å²) < 4.78 is 33.9. The molecule has 0 bridgehead atoms. The molecule has 2 amide bonds. The molecular weight excluding hydrogens is 951 g/mol. The average Bonchev–Trinajstić information content (AvgIpc) is 4.20. The van der Waals surface area contributed by atoms with Gasteiger partial charge in [-0.2, -0.15) is 5.10 Å². The molecule has 7 aromatic rings. The lowest BCUT2D eigenvalue weighted by Crippen LogP contribution is -2.53. The number of nitrogens with one attached hydrogen (secondary N) is 4. The summed E-state index contributed by atoms with van der Waals surface area (Å²) in [7, 11) is -0.583. The Morgan fingerprint density at radius 2 is 1.51 bits per heavy atom. The van der Waals surface area contributed by atoms with Gasteiger partial charge in [0.1, 0.15) is 39.5 Å². The highest BCUT2D eigenvalue weighted by Crippen LogP contribution is 2.30. The topological polar surface area (TPSA) is 243 Å². The number of hydrogen-bond donors (Lipinski definition) is 5. The first-order chi connectivity index (χ1) is 34.0. The van der Waals surface area contributed by atoms with Crippen molar-refractivity contribution in [1.82, 2.24) is 44.7 Å². The van der Waals surface area contributed by atoms with Gasteiger partial charge in [-0.3, -0.25) is 24.5 Å². The number of ether oxygens (including phenoxy) is 1. The van der Waals surface area contributed by atoms with Crippen LogP contribution < -0.4 is 41.5 Å². The highest BCUT2D eigenvalue weighted by Gasteiger charge is 2.25. The second kappa shape index (κ2) is 21.5. The second-order valence-corrected chi connectivity index (χ2v) is 20.1. The van der Waals surface area contributed by atoms with Gasteiger partial charge in [0, 0.05) is 95.5 Å². The zero-order valence-electron chi connectivity index (χ0n) is 38.1. The highest BCUT2D eigenvalue weighted by atomic mass is 32.2. The Hall–Kier alpha value is -7.41. The Bertz CT molecular complexity index is 3130. The lowest BCUT2D eigenvalue weighted by molar-refractivity contribution is 0.101. The predicted octanol–water partition coefficient (Wildman–Crippen LogP) is 4.97. The van der Waals surface area contributed by atoms with Gasteiger partial charge in [0.05, 0.1) is 63.2 Å². The highest BCUT2D eigenvalue weighted by molar-refractivity contribution is 7.89. The number of allylic oxidation sites excluding steroid dienone is 1. The second-order valence-electron chi connectivity index (χ2n) is 16.2. The molecule has 2 aromatic carbocycles. The number of piperazine rings is 2.